The first-order valence-electron chi connectivity index (χ1n) is 2.60. The molecular formula is C6H12N2. The fourth-order valence-electron chi connectivity index (χ4n) is 0.323. The number of allylic oxidation sites excluding steroid dienone is 1. The second-order valence-electron chi connectivity index (χ2n) is 1.77. The zero-order valence-corrected chi connectivity index (χ0v) is 5.60. The van der Waals surface area contributed by atoms with Crippen molar-refractivity contribution in [2.75, 3.05) is 0 Å². The zero-order valence-electron chi connectivity index (χ0n) is 5.60. The Balaban J connectivity index is 3.89. The molecule has 0 spiro atoms. The van der Waals surface area contributed by atoms with Gasteiger partial charge >= 0.3 is 0 Å². The first-order chi connectivity index (χ1) is 3.66. The molecule has 2 heteroatoms. The molecule has 46 valence electrons. The molecular weight excluding hydrogens is 100 g/mol. The van der Waals surface area contributed by atoms with Crippen LogP contribution in [-0.4, -0.2) is 5.71 Å². The minimum Gasteiger partial charge on any atom is -0.384 e. The molecule has 0 unspecified atom stereocenters. The fourth-order valence-corrected chi connectivity index (χ4v) is 0.323. The van der Waals surface area contributed by atoms with Crippen LogP contribution in [0.5, 0.6) is 0 Å². The van der Waals surface area contributed by atoms with Crippen molar-refractivity contribution in [2.45, 2.75) is 20.8 Å². The van der Waals surface area contributed by atoms with Crippen LogP contribution >= 0.6 is 0 Å². The van der Waals surface area contributed by atoms with E-state index in [2.05, 4.69) is 4.99 Å². The topological polar surface area (TPSA) is 38.4 Å². The van der Waals surface area contributed by atoms with Gasteiger partial charge in [-0.05, 0) is 26.8 Å². The highest BCUT2D eigenvalue weighted by atomic mass is 14.9. The number of aliphatic imine (C=N–C) groups is 1. The Kier molecular flexibility index (Phi) is 2.92. The average Bonchev–Trinajstić information content (AvgIpc) is 1.65. The Morgan fingerprint density at radius 2 is 2.00 bits per heavy atom. The summed E-state index contributed by atoms with van der Waals surface area (Å²) in [7, 11) is 0. The molecule has 0 heterocycles. The average molecular weight is 112 g/mol. The first kappa shape index (κ1) is 7.21. The number of hydrogen-bond donors (Lipinski definition) is 1. The highest BCUT2D eigenvalue weighted by molar-refractivity contribution is 5.79. The van der Waals surface area contributed by atoms with Crippen molar-refractivity contribution >= 4 is 5.71 Å². The van der Waals surface area contributed by atoms with Crippen LogP contribution in [0.15, 0.2) is 16.9 Å². The molecule has 0 fully saturated rings. The van der Waals surface area contributed by atoms with Crippen LogP contribution in [0.25, 0.3) is 0 Å². The number of rotatable bonds is 1. The van der Waals surface area contributed by atoms with Gasteiger partial charge < -0.3 is 5.73 Å². The summed E-state index contributed by atoms with van der Waals surface area (Å²) in [6, 6.07) is 0. The van der Waals surface area contributed by atoms with E-state index >= 15 is 0 Å². The van der Waals surface area contributed by atoms with Gasteiger partial charge in [-0.3, -0.25) is 0 Å². The van der Waals surface area contributed by atoms with Crippen LogP contribution in [0.3, 0.4) is 0 Å². The van der Waals surface area contributed by atoms with Crippen LogP contribution in [0.4, 0.5) is 0 Å². The Labute approximate surface area is 50.1 Å². The highest BCUT2D eigenvalue weighted by Crippen LogP contribution is 1.85. The van der Waals surface area contributed by atoms with Crippen molar-refractivity contribution in [3.05, 3.63) is 11.9 Å². The van der Waals surface area contributed by atoms with Gasteiger partial charge in [-0.25, -0.2) is 4.99 Å². The van der Waals surface area contributed by atoms with E-state index in [1.807, 2.05) is 20.8 Å². The maximum atomic E-state index is 5.35. The lowest BCUT2D eigenvalue weighted by Crippen LogP contribution is -1.94. The van der Waals surface area contributed by atoms with Gasteiger partial charge in [0.25, 0.3) is 0 Å². The van der Waals surface area contributed by atoms with Crippen molar-refractivity contribution in [1.82, 2.24) is 0 Å². The first-order valence-corrected chi connectivity index (χ1v) is 2.60. The van der Waals surface area contributed by atoms with Gasteiger partial charge in [-0.1, -0.05) is 0 Å². The fraction of sp³-hybridized carbons (Fsp3) is 0.500. The summed E-state index contributed by atoms with van der Waals surface area (Å²) in [4.78, 5) is 3.95. The second kappa shape index (κ2) is 3.24. The molecule has 0 aromatic rings. The summed E-state index contributed by atoms with van der Waals surface area (Å²) in [5.41, 5.74) is 6.33. The zero-order chi connectivity index (χ0) is 6.57. The molecule has 0 aromatic carbocycles. The van der Waals surface area contributed by atoms with Gasteiger partial charge in [-0.2, -0.15) is 0 Å². The minimum atomic E-state index is 0.588. The SMILES string of the molecule is C/C=C(/N)N=C(C)C. The largest absolute Gasteiger partial charge is 0.384 e. The van der Waals surface area contributed by atoms with Gasteiger partial charge in [0.05, 0.1) is 0 Å². The van der Waals surface area contributed by atoms with E-state index < -0.39 is 0 Å². The number of hydrogen-bond acceptors (Lipinski definition) is 2. The molecule has 0 aliphatic rings. The Bertz CT molecular complexity index is 118. The van der Waals surface area contributed by atoms with Crippen molar-refractivity contribution in [3.63, 3.8) is 0 Å². The smallest absolute Gasteiger partial charge is 0.118 e. The third-order valence-corrected chi connectivity index (χ3v) is 0.648. The van der Waals surface area contributed by atoms with Crippen molar-refractivity contribution < 1.29 is 0 Å². The maximum absolute atomic E-state index is 5.35. The lowest BCUT2D eigenvalue weighted by Gasteiger charge is -1.89. The van der Waals surface area contributed by atoms with E-state index in [9.17, 15) is 0 Å². The molecule has 0 aliphatic carbocycles. The summed E-state index contributed by atoms with van der Waals surface area (Å²) in [5, 5.41) is 0. The molecule has 0 rings (SSSR count). The third kappa shape index (κ3) is 3.40. The normalized spacial score (nSPS) is 11.1. The predicted octanol–water partition coefficient (Wildman–Crippen LogP) is 1.29. The molecule has 2 nitrogen and oxygen atoms in total. The van der Waals surface area contributed by atoms with Gasteiger partial charge in [0, 0.05) is 5.71 Å². The number of nitrogens with two attached hydrogens (primary N) is 1. The molecule has 0 atom stereocenters. The van der Waals surface area contributed by atoms with E-state index in [1.54, 1.807) is 6.08 Å². The van der Waals surface area contributed by atoms with Crippen LogP contribution < -0.4 is 5.73 Å². The van der Waals surface area contributed by atoms with E-state index in [-0.39, 0.29) is 0 Å². The van der Waals surface area contributed by atoms with Gasteiger partial charge in [0.1, 0.15) is 5.82 Å². The lowest BCUT2D eigenvalue weighted by molar-refractivity contribution is 1.22. The van der Waals surface area contributed by atoms with Gasteiger partial charge in [-0.15, -0.1) is 0 Å². The Morgan fingerprint density at radius 1 is 1.50 bits per heavy atom. The minimum absolute atomic E-state index is 0.588. The monoisotopic (exact) mass is 112 g/mol. The van der Waals surface area contributed by atoms with Crippen LogP contribution in [-0.2, 0) is 0 Å². The van der Waals surface area contributed by atoms with Crippen LogP contribution in [0.1, 0.15) is 20.8 Å². The lowest BCUT2D eigenvalue weighted by atomic mass is 10.5. The quantitative estimate of drug-likeness (QED) is 0.510. The molecule has 8 heavy (non-hydrogen) atoms. The van der Waals surface area contributed by atoms with Gasteiger partial charge in [0.15, 0.2) is 0 Å². The molecule has 0 saturated heterocycles. The molecule has 0 amide bonds. The van der Waals surface area contributed by atoms with Crippen molar-refractivity contribution in [1.29, 1.82) is 0 Å². The van der Waals surface area contributed by atoms with Crippen LogP contribution in [0.2, 0.25) is 0 Å². The molecule has 0 aliphatic heterocycles. The third-order valence-electron chi connectivity index (χ3n) is 0.648. The molecule has 0 aromatic heterocycles. The van der Waals surface area contributed by atoms with Crippen LogP contribution in [0, 0.1) is 0 Å². The van der Waals surface area contributed by atoms with Crippen molar-refractivity contribution in [2.24, 2.45) is 10.7 Å². The summed E-state index contributed by atoms with van der Waals surface area (Å²) in [6.45, 7) is 5.69. The predicted molar refractivity (Wildman–Crippen MR) is 36.7 cm³/mol. The molecule has 2 N–H and O–H groups in total. The van der Waals surface area contributed by atoms with Crippen molar-refractivity contribution in [3.8, 4) is 0 Å². The van der Waals surface area contributed by atoms with E-state index in [1.165, 1.54) is 0 Å². The number of nitrogens with zero attached hydrogens (tertiary/aromatic N) is 1. The van der Waals surface area contributed by atoms with E-state index in [4.69, 9.17) is 5.73 Å². The Hall–Kier alpha value is -0.790. The van der Waals surface area contributed by atoms with E-state index in [0.29, 0.717) is 5.82 Å². The molecule has 0 bridgehead atoms. The Morgan fingerprint density at radius 3 is 2.12 bits per heavy atom. The maximum Gasteiger partial charge on any atom is 0.118 e. The summed E-state index contributed by atoms with van der Waals surface area (Å²) < 4.78 is 0. The van der Waals surface area contributed by atoms with E-state index in [0.717, 1.165) is 5.71 Å². The molecule has 0 radical (unpaired) electrons. The second-order valence-corrected chi connectivity index (χ2v) is 1.77. The standard InChI is InChI=1S/C6H12N2/c1-4-6(7)8-5(2)3/h4H,7H2,1-3H3/b6-4-. The summed E-state index contributed by atoms with van der Waals surface area (Å²) >= 11 is 0. The summed E-state index contributed by atoms with van der Waals surface area (Å²) in [5.74, 6) is 0.588. The highest BCUT2D eigenvalue weighted by Gasteiger charge is 1.78. The molecule has 0 saturated carbocycles. The summed E-state index contributed by atoms with van der Waals surface area (Å²) in [6.07, 6.45) is 1.77. The van der Waals surface area contributed by atoms with Gasteiger partial charge in [0.2, 0.25) is 0 Å².